The Morgan fingerprint density at radius 2 is 1.85 bits per heavy atom. The zero-order valence-corrected chi connectivity index (χ0v) is 14.7. The Balaban J connectivity index is 2.18. The molecular formula is C16H17Br2NO. The van der Waals surface area contributed by atoms with Gasteiger partial charge in [-0.15, -0.1) is 0 Å². The third-order valence-electron chi connectivity index (χ3n) is 3.05. The molecule has 0 fully saturated rings. The smallest absolute Gasteiger partial charge is 0.123 e. The summed E-state index contributed by atoms with van der Waals surface area (Å²) in [6.07, 6.45) is 0. The number of rotatable bonds is 4. The van der Waals surface area contributed by atoms with Crippen molar-refractivity contribution >= 4 is 37.5 Å². The summed E-state index contributed by atoms with van der Waals surface area (Å²) in [7, 11) is 0. The van der Waals surface area contributed by atoms with Crippen molar-refractivity contribution in [2.75, 3.05) is 5.73 Å². The predicted octanol–water partition coefficient (Wildman–Crippen LogP) is 5.50. The molecule has 0 aliphatic heterocycles. The van der Waals surface area contributed by atoms with Crippen molar-refractivity contribution in [3.63, 3.8) is 0 Å². The van der Waals surface area contributed by atoms with E-state index >= 15 is 0 Å². The summed E-state index contributed by atoms with van der Waals surface area (Å²) in [6.45, 7) is 4.84. The minimum Gasteiger partial charge on any atom is -0.489 e. The van der Waals surface area contributed by atoms with Crippen LogP contribution in [0.25, 0.3) is 0 Å². The van der Waals surface area contributed by atoms with Crippen LogP contribution in [0.3, 0.4) is 0 Å². The minimum atomic E-state index is 0.414. The van der Waals surface area contributed by atoms with Crippen LogP contribution >= 0.6 is 31.9 Å². The molecule has 0 amide bonds. The molecule has 2 nitrogen and oxygen atoms in total. The summed E-state index contributed by atoms with van der Waals surface area (Å²) in [4.78, 5) is 0. The van der Waals surface area contributed by atoms with Crippen LogP contribution in [0.2, 0.25) is 0 Å². The van der Waals surface area contributed by atoms with Crippen LogP contribution in [0.4, 0.5) is 5.69 Å². The van der Waals surface area contributed by atoms with E-state index in [0.29, 0.717) is 12.5 Å². The molecule has 106 valence electrons. The average molecular weight is 399 g/mol. The first-order valence-electron chi connectivity index (χ1n) is 6.43. The van der Waals surface area contributed by atoms with Crippen molar-refractivity contribution in [1.29, 1.82) is 0 Å². The van der Waals surface area contributed by atoms with E-state index in [2.05, 4.69) is 51.8 Å². The zero-order chi connectivity index (χ0) is 14.7. The number of nitrogen functional groups attached to an aromatic ring is 1. The lowest BCUT2D eigenvalue weighted by molar-refractivity contribution is 0.301. The van der Waals surface area contributed by atoms with Crippen molar-refractivity contribution in [3.8, 4) is 5.75 Å². The van der Waals surface area contributed by atoms with E-state index in [1.807, 2.05) is 30.3 Å². The lowest BCUT2D eigenvalue weighted by Gasteiger charge is -2.15. The van der Waals surface area contributed by atoms with Crippen LogP contribution in [0.5, 0.6) is 5.75 Å². The highest BCUT2D eigenvalue weighted by atomic mass is 79.9. The molecule has 20 heavy (non-hydrogen) atoms. The van der Waals surface area contributed by atoms with E-state index in [9.17, 15) is 0 Å². The molecule has 0 radical (unpaired) electrons. The fourth-order valence-electron chi connectivity index (χ4n) is 1.94. The van der Waals surface area contributed by atoms with Crippen molar-refractivity contribution in [3.05, 3.63) is 56.5 Å². The maximum Gasteiger partial charge on any atom is 0.123 e. The highest BCUT2D eigenvalue weighted by molar-refractivity contribution is 9.10. The Bertz CT molecular complexity index is 611. The summed E-state index contributed by atoms with van der Waals surface area (Å²) >= 11 is 7.02. The molecule has 0 saturated heterocycles. The largest absolute Gasteiger partial charge is 0.489 e. The van der Waals surface area contributed by atoms with E-state index in [1.54, 1.807) is 0 Å². The van der Waals surface area contributed by atoms with E-state index in [-0.39, 0.29) is 0 Å². The van der Waals surface area contributed by atoms with Crippen LogP contribution in [-0.2, 0) is 6.61 Å². The Morgan fingerprint density at radius 1 is 1.10 bits per heavy atom. The van der Waals surface area contributed by atoms with E-state index in [1.165, 1.54) is 5.56 Å². The van der Waals surface area contributed by atoms with Crippen LogP contribution in [-0.4, -0.2) is 0 Å². The molecule has 0 atom stereocenters. The quantitative estimate of drug-likeness (QED) is 0.690. The van der Waals surface area contributed by atoms with E-state index in [0.717, 1.165) is 25.9 Å². The number of hydrogen-bond donors (Lipinski definition) is 1. The third-order valence-corrected chi connectivity index (χ3v) is 4.29. The van der Waals surface area contributed by atoms with E-state index in [4.69, 9.17) is 10.5 Å². The van der Waals surface area contributed by atoms with Crippen LogP contribution < -0.4 is 10.5 Å². The summed E-state index contributed by atoms with van der Waals surface area (Å²) < 4.78 is 8.01. The molecule has 0 heterocycles. The lowest BCUT2D eigenvalue weighted by atomic mass is 10.0. The number of hydrogen-bond acceptors (Lipinski definition) is 2. The summed E-state index contributed by atoms with van der Waals surface area (Å²) in [5, 5.41) is 0. The third kappa shape index (κ3) is 3.76. The molecule has 4 heteroatoms. The van der Waals surface area contributed by atoms with Gasteiger partial charge in [-0.3, -0.25) is 0 Å². The van der Waals surface area contributed by atoms with Gasteiger partial charge in [0.15, 0.2) is 0 Å². The topological polar surface area (TPSA) is 35.2 Å². The maximum atomic E-state index is 5.97. The first-order valence-corrected chi connectivity index (χ1v) is 8.02. The van der Waals surface area contributed by atoms with Gasteiger partial charge in [-0.25, -0.2) is 0 Å². The number of benzene rings is 2. The molecule has 2 rings (SSSR count). The second-order valence-corrected chi connectivity index (χ2v) is 6.75. The van der Waals surface area contributed by atoms with Gasteiger partial charge in [-0.2, -0.15) is 0 Å². The fourth-order valence-corrected chi connectivity index (χ4v) is 2.83. The summed E-state index contributed by atoms with van der Waals surface area (Å²) in [6, 6.07) is 11.9. The van der Waals surface area contributed by atoms with Crippen molar-refractivity contribution in [2.24, 2.45) is 0 Å². The van der Waals surface area contributed by atoms with Gasteiger partial charge in [0.2, 0.25) is 0 Å². The molecule has 0 aromatic heterocycles. The van der Waals surface area contributed by atoms with Crippen LogP contribution in [0, 0.1) is 0 Å². The highest BCUT2D eigenvalue weighted by Crippen LogP contribution is 2.31. The minimum absolute atomic E-state index is 0.414. The molecule has 2 N–H and O–H groups in total. The standard InChI is InChI=1S/C16H17Br2NO/c1-10(2)14-7-12(17)4-6-16(14)20-9-11-3-5-13(19)8-15(11)18/h3-8,10H,9,19H2,1-2H3. The first kappa shape index (κ1) is 15.4. The lowest BCUT2D eigenvalue weighted by Crippen LogP contribution is -2.01. The number of halogens is 2. The Morgan fingerprint density at radius 3 is 2.50 bits per heavy atom. The Kier molecular flexibility index (Phi) is 5.11. The van der Waals surface area contributed by atoms with Gasteiger partial charge in [0, 0.05) is 20.2 Å². The maximum absolute atomic E-state index is 5.97. The molecule has 2 aromatic carbocycles. The van der Waals surface area contributed by atoms with Gasteiger partial charge in [0.1, 0.15) is 12.4 Å². The van der Waals surface area contributed by atoms with E-state index < -0.39 is 0 Å². The van der Waals surface area contributed by atoms with Gasteiger partial charge in [0.25, 0.3) is 0 Å². The Hall–Kier alpha value is -1.00. The van der Waals surface area contributed by atoms with Crippen molar-refractivity contribution in [2.45, 2.75) is 26.4 Å². The van der Waals surface area contributed by atoms with Crippen LogP contribution in [0.15, 0.2) is 45.3 Å². The fraction of sp³-hybridized carbons (Fsp3) is 0.250. The SMILES string of the molecule is CC(C)c1cc(Br)ccc1OCc1ccc(N)cc1Br. The van der Waals surface area contributed by atoms with Crippen LogP contribution in [0.1, 0.15) is 30.9 Å². The molecule has 0 unspecified atom stereocenters. The highest BCUT2D eigenvalue weighted by Gasteiger charge is 2.09. The van der Waals surface area contributed by atoms with Gasteiger partial charge in [-0.1, -0.05) is 51.8 Å². The second kappa shape index (κ2) is 6.64. The molecule has 0 aliphatic carbocycles. The molecule has 0 saturated carbocycles. The summed E-state index contributed by atoms with van der Waals surface area (Å²) in [5.41, 5.74) is 8.76. The molecule has 0 aliphatic rings. The van der Waals surface area contributed by atoms with Gasteiger partial charge >= 0.3 is 0 Å². The number of anilines is 1. The zero-order valence-electron chi connectivity index (χ0n) is 11.5. The first-order chi connectivity index (χ1) is 9.47. The monoisotopic (exact) mass is 397 g/mol. The van der Waals surface area contributed by atoms with Crippen molar-refractivity contribution < 1.29 is 4.74 Å². The van der Waals surface area contributed by atoms with Gasteiger partial charge < -0.3 is 10.5 Å². The molecule has 2 aromatic rings. The van der Waals surface area contributed by atoms with Gasteiger partial charge in [0.05, 0.1) is 0 Å². The molecule has 0 bridgehead atoms. The summed E-state index contributed by atoms with van der Waals surface area (Å²) in [5.74, 6) is 1.34. The Labute approximate surface area is 136 Å². The molecular weight excluding hydrogens is 382 g/mol. The molecule has 0 spiro atoms. The predicted molar refractivity (Wildman–Crippen MR) is 91.1 cm³/mol. The van der Waals surface area contributed by atoms with Gasteiger partial charge in [-0.05, 0) is 41.8 Å². The second-order valence-electron chi connectivity index (χ2n) is 4.98. The number of nitrogens with two attached hydrogens (primary N) is 1. The average Bonchev–Trinajstić information content (AvgIpc) is 2.38. The normalized spacial score (nSPS) is 10.8. The van der Waals surface area contributed by atoms with Crippen molar-refractivity contribution in [1.82, 2.24) is 0 Å². The number of ether oxygens (including phenoxy) is 1.